The monoisotopic (exact) mass is 466 g/mol. The van der Waals surface area contributed by atoms with Crippen LogP contribution in [0.5, 0.6) is 0 Å². The van der Waals surface area contributed by atoms with Crippen LogP contribution in [0.2, 0.25) is 0 Å². The second-order valence-electron chi connectivity index (χ2n) is 5.78. The molecular formula is C18H25CuN7S2. The number of amidine groups is 2. The molecule has 1 fully saturated rings. The Labute approximate surface area is 188 Å². The number of hydrogen-bond donors (Lipinski definition) is 2. The van der Waals surface area contributed by atoms with E-state index in [2.05, 4.69) is 48.1 Å². The van der Waals surface area contributed by atoms with E-state index in [0.717, 1.165) is 18.7 Å². The van der Waals surface area contributed by atoms with Gasteiger partial charge in [0.15, 0.2) is 0 Å². The third kappa shape index (κ3) is 8.10. The molecule has 155 valence electrons. The van der Waals surface area contributed by atoms with Crippen molar-refractivity contribution in [2.45, 2.75) is 26.7 Å². The number of anilines is 1. The minimum Gasteiger partial charge on any atom is -0.741 e. The fourth-order valence-corrected chi connectivity index (χ4v) is 2.96. The second kappa shape index (κ2) is 13.4. The van der Waals surface area contributed by atoms with Crippen LogP contribution in [-0.4, -0.2) is 48.4 Å². The van der Waals surface area contributed by atoms with E-state index in [-0.39, 0.29) is 17.1 Å². The average Bonchev–Trinajstić information content (AvgIpc) is 3.20. The van der Waals surface area contributed by atoms with Gasteiger partial charge in [-0.3, -0.25) is 20.8 Å². The van der Waals surface area contributed by atoms with Gasteiger partial charge in [0.05, 0.1) is 6.21 Å². The summed E-state index contributed by atoms with van der Waals surface area (Å²) in [6, 6.07) is 8.25. The maximum atomic E-state index is 5.12. The summed E-state index contributed by atoms with van der Waals surface area (Å²) in [5, 5.41) is 9.13. The third-order valence-corrected chi connectivity index (χ3v) is 4.30. The van der Waals surface area contributed by atoms with Gasteiger partial charge in [-0.05, 0) is 49.2 Å². The molecule has 1 aromatic rings. The summed E-state index contributed by atoms with van der Waals surface area (Å²) in [7, 11) is 0. The summed E-state index contributed by atoms with van der Waals surface area (Å²) in [6.45, 7) is 7.25. The second-order valence-corrected chi connectivity index (χ2v) is 6.55. The molecule has 1 heterocycles. The van der Waals surface area contributed by atoms with Crippen molar-refractivity contribution in [1.82, 2.24) is 10.9 Å². The summed E-state index contributed by atoms with van der Waals surface area (Å²) in [5.41, 5.74) is 8.24. The standard InChI is InChI=1S/C18H27N7S2.Cu/c1-3-19-17(26)23-21-13-16(22-24-18(27)20-4-2)14-7-9-15(10-8-14)25-11-5-6-12-25;/h7-10,13H,3-6,11-12H2,1-2H3,(H2,19,23,26)(H2,20,24,27);/q;+2/p-2/b21-13+,22-16-;. The van der Waals surface area contributed by atoms with Gasteiger partial charge in [0.1, 0.15) is 5.71 Å². The quantitative estimate of drug-likeness (QED) is 0.211. The van der Waals surface area contributed by atoms with Crippen molar-refractivity contribution in [3.8, 4) is 0 Å². The Bertz CT molecular complexity index is 711. The van der Waals surface area contributed by atoms with E-state index in [0.29, 0.717) is 29.1 Å². The third-order valence-electron chi connectivity index (χ3n) is 3.86. The van der Waals surface area contributed by atoms with Gasteiger partial charge in [-0.25, -0.2) is 0 Å². The van der Waals surface area contributed by atoms with Crippen LogP contribution in [0.15, 0.2) is 44.5 Å². The molecule has 1 aromatic carbocycles. The van der Waals surface area contributed by atoms with Crippen molar-refractivity contribution in [3.05, 3.63) is 29.8 Å². The van der Waals surface area contributed by atoms with Crippen LogP contribution in [0.25, 0.3) is 0 Å². The van der Waals surface area contributed by atoms with Gasteiger partial charge in [-0.15, -0.1) is 0 Å². The summed E-state index contributed by atoms with van der Waals surface area (Å²) >= 11 is 10.2. The van der Waals surface area contributed by atoms with Gasteiger partial charge < -0.3 is 30.2 Å². The van der Waals surface area contributed by atoms with E-state index in [1.807, 2.05) is 26.0 Å². The Morgan fingerprint density at radius 2 is 1.57 bits per heavy atom. The van der Waals surface area contributed by atoms with E-state index < -0.39 is 0 Å². The molecule has 10 heteroatoms. The SMILES string of the molecule is CCN=C([S-])N/N=C/C(=N/NC([S-])=NCC)c1ccc(N2CCCC2)cc1.[Cu+2]. The Hall–Kier alpha value is -1.74. The Morgan fingerprint density at radius 3 is 2.14 bits per heavy atom. The molecule has 0 spiro atoms. The number of rotatable bonds is 7. The molecule has 0 bridgehead atoms. The average molecular weight is 467 g/mol. The fourth-order valence-electron chi connectivity index (χ4n) is 2.60. The van der Waals surface area contributed by atoms with Gasteiger partial charge in [0, 0.05) is 37.4 Å². The number of nitrogens with one attached hydrogen (secondary N) is 2. The Morgan fingerprint density at radius 1 is 1.00 bits per heavy atom. The van der Waals surface area contributed by atoms with E-state index >= 15 is 0 Å². The first-order valence-electron chi connectivity index (χ1n) is 9.05. The summed E-state index contributed by atoms with van der Waals surface area (Å²) in [5.74, 6) is 0. The molecule has 0 unspecified atom stereocenters. The number of aliphatic imine (C=N–C) groups is 2. The molecule has 0 saturated carbocycles. The first-order chi connectivity index (χ1) is 13.1. The molecule has 28 heavy (non-hydrogen) atoms. The number of benzene rings is 1. The summed E-state index contributed by atoms with van der Waals surface area (Å²) in [6.07, 6.45) is 4.08. The molecular weight excluding hydrogens is 442 g/mol. The van der Waals surface area contributed by atoms with Crippen LogP contribution in [0.3, 0.4) is 0 Å². The van der Waals surface area contributed by atoms with E-state index in [9.17, 15) is 0 Å². The van der Waals surface area contributed by atoms with Gasteiger partial charge in [0.25, 0.3) is 0 Å². The normalized spacial score (nSPS) is 15.6. The molecule has 1 saturated heterocycles. The first kappa shape index (κ1) is 24.3. The van der Waals surface area contributed by atoms with Gasteiger partial charge in [0.2, 0.25) is 0 Å². The Balaban J connectivity index is 0.00000392. The van der Waals surface area contributed by atoms with Crippen molar-refractivity contribution in [1.29, 1.82) is 0 Å². The molecule has 1 aliphatic rings. The number of nitrogens with zero attached hydrogens (tertiary/aromatic N) is 5. The molecule has 0 aromatic heterocycles. The molecule has 0 atom stereocenters. The molecule has 0 aliphatic carbocycles. The van der Waals surface area contributed by atoms with E-state index in [1.54, 1.807) is 6.21 Å². The topological polar surface area (TPSA) is 76.7 Å². The fraction of sp³-hybridized carbons (Fsp3) is 0.444. The molecule has 7 nitrogen and oxygen atoms in total. The largest absolute Gasteiger partial charge is 2.00 e. The number of hydrogen-bond acceptors (Lipinski definition) is 7. The van der Waals surface area contributed by atoms with Crippen molar-refractivity contribution in [3.63, 3.8) is 0 Å². The van der Waals surface area contributed by atoms with Gasteiger partial charge in [-0.2, -0.15) is 10.2 Å². The first-order valence-corrected chi connectivity index (χ1v) is 9.86. The predicted molar refractivity (Wildman–Crippen MR) is 120 cm³/mol. The van der Waals surface area contributed by atoms with Crippen LogP contribution in [0, 0.1) is 0 Å². The zero-order chi connectivity index (χ0) is 19.5. The minimum absolute atomic E-state index is 0. The predicted octanol–water partition coefficient (Wildman–Crippen LogP) is 2.00. The maximum Gasteiger partial charge on any atom is 2.00 e. The zero-order valence-electron chi connectivity index (χ0n) is 16.0. The van der Waals surface area contributed by atoms with Gasteiger partial charge in [-0.1, -0.05) is 12.1 Å². The van der Waals surface area contributed by atoms with Crippen LogP contribution >= 0.6 is 0 Å². The molecule has 1 aliphatic heterocycles. The molecule has 0 amide bonds. The van der Waals surface area contributed by atoms with E-state index in [4.69, 9.17) is 25.3 Å². The molecule has 1 radical (unpaired) electrons. The van der Waals surface area contributed by atoms with E-state index in [1.165, 1.54) is 18.5 Å². The van der Waals surface area contributed by atoms with Gasteiger partial charge >= 0.3 is 17.1 Å². The number of hydrazone groups is 2. The van der Waals surface area contributed by atoms with Crippen LogP contribution < -0.4 is 15.8 Å². The van der Waals surface area contributed by atoms with Crippen LogP contribution in [-0.2, 0) is 42.3 Å². The molecule has 2 rings (SSSR count). The maximum absolute atomic E-state index is 5.12. The van der Waals surface area contributed by atoms with Crippen molar-refractivity contribution in [2.75, 3.05) is 31.1 Å². The van der Waals surface area contributed by atoms with Crippen molar-refractivity contribution in [2.24, 2.45) is 20.2 Å². The van der Waals surface area contributed by atoms with Crippen molar-refractivity contribution >= 4 is 53.2 Å². The minimum atomic E-state index is 0. The Kier molecular flexibility index (Phi) is 11.7. The van der Waals surface area contributed by atoms with Crippen molar-refractivity contribution < 1.29 is 17.1 Å². The van der Waals surface area contributed by atoms with Crippen LogP contribution in [0.1, 0.15) is 32.3 Å². The summed E-state index contributed by atoms with van der Waals surface area (Å²) in [4.78, 5) is 10.5. The summed E-state index contributed by atoms with van der Waals surface area (Å²) < 4.78 is 0. The zero-order valence-corrected chi connectivity index (χ0v) is 18.6. The van der Waals surface area contributed by atoms with Crippen LogP contribution in [0.4, 0.5) is 5.69 Å². The smallest absolute Gasteiger partial charge is 0.741 e. The molecule has 2 N–H and O–H groups in total.